The van der Waals surface area contributed by atoms with E-state index in [2.05, 4.69) is 15.5 Å². The van der Waals surface area contributed by atoms with Gasteiger partial charge in [0, 0.05) is 6.54 Å². The van der Waals surface area contributed by atoms with Crippen molar-refractivity contribution in [2.75, 3.05) is 12.3 Å². The molecule has 0 atom stereocenters. The third-order valence-corrected chi connectivity index (χ3v) is 4.19. The minimum atomic E-state index is -0.165. The molecule has 0 aliphatic heterocycles. The van der Waals surface area contributed by atoms with Crippen LogP contribution in [-0.4, -0.2) is 22.6 Å². The summed E-state index contributed by atoms with van der Waals surface area (Å²) in [4.78, 5) is 12.1. The molecule has 5 heteroatoms. The zero-order valence-electron chi connectivity index (χ0n) is 12.5. The first-order valence-electron chi connectivity index (χ1n) is 7.71. The highest BCUT2D eigenvalue weighted by molar-refractivity contribution is 5.97. The number of hydrogen-bond donors (Lipinski definition) is 3. The first-order valence-corrected chi connectivity index (χ1v) is 7.71. The molecular formula is C15H26N4O. The fourth-order valence-corrected chi connectivity index (χ4v) is 2.93. The van der Waals surface area contributed by atoms with Gasteiger partial charge in [0.25, 0.3) is 5.91 Å². The summed E-state index contributed by atoms with van der Waals surface area (Å²) >= 11 is 0. The Kier molecular flexibility index (Phi) is 5.04. The fraction of sp³-hybridized carbons (Fsp3) is 0.733. The van der Waals surface area contributed by atoms with Gasteiger partial charge in [0.1, 0.15) is 0 Å². The zero-order valence-corrected chi connectivity index (χ0v) is 12.5. The molecule has 1 saturated carbocycles. The molecule has 0 bridgehead atoms. The molecule has 112 valence electrons. The molecule has 0 spiro atoms. The van der Waals surface area contributed by atoms with Crippen molar-refractivity contribution in [2.24, 2.45) is 5.92 Å². The lowest BCUT2D eigenvalue weighted by atomic mass is 9.87. The van der Waals surface area contributed by atoms with Gasteiger partial charge in [-0.15, -0.1) is 0 Å². The Morgan fingerprint density at radius 3 is 2.70 bits per heavy atom. The van der Waals surface area contributed by atoms with Crippen LogP contribution in [0.25, 0.3) is 0 Å². The van der Waals surface area contributed by atoms with Crippen molar-refractivity contribution >= 4 is 11.6 Å². The molecule has 1 amide bonds. The van der Waals surface area contributed by atoms with Gasteiger partial charge in [-0.2, -0.15) is 5.10 Å². The van der Waals surface area contributed by atoms with Crippen LogP contribution < -0.4 is 11.1 Å². The maximum Gasteiger partial charge on any atom is 0.273 e. The second-order valence-electron chi connectivity index (χ2n) is 6.10. The van der Waals surface area contributed by atoms with Crippen molar-refractivity contribution in [3.63, 3.8) is 0 Å². The quantitative estimate of drug-likeness (QED) is 0.774. The summed E-state index contributed by atoms with van der Waals surface area (Å²) in [6.07, 6.45) is 7.71. The van der Waals surface area contributed by atoms with Crippen molar-refractivity contribution in [2.45, 2.75) is 58.3 Å². The summed E-state index contributed by atoms with van der Waals surface area (Å²) in [5.41, 5.74) is 7.61. The highest BCUT2D eigenvalue weighted by Crippen LogP contribution is 2.26. The van der Waals surface area contributed by atoms with E-state index in [4.69, 9.17) is 5.73 Å². The molecule has 1 heterocycles. The lowest BCUT2D eigenvalue weighted by Gasteiger charge is -2.21. The van der Waals surface area contributed by atoms with Crippen LogP contribution in [0.4, 0.5) is 5.69 Å². The number of hydrogen-bond acceptors (Lipinski definition) is 3. The van der Waals surface area contributed by atoms with Crippen LogP contribution in [0.1, 0.15) is 74.5 Å². The number of nitrogens with one attached hydrogen (secondary N) is 2. The summed E-state index contributed by atoms with van der Waals surface area (Å²) in [6, 6.07) is 0. The molecule has 20 heavy (non-hydrogen) atoms. The Hall–Kier alpha value is -1.52. The summed E-state index contributed by atoms with van der Waals surface area (Å²) in [5, 5.41) is 9.84. The maximum atomic E-state index is 12.1. The zero-order chi connectivity index (χ0) is 14.5. The Bertz CT molecular complexity index is 447. The van der Waals surface area contributed by atoms with E-state index in [0.717, 1.165) is 18.0 Å². The Balaban J connectivity index is 1.82. The van der Waals surface area contributed by atoms with Gasteiger partial charge < -0.3 is 11.1 Å². The van der Waals surface area contributed by atoms with Crippen molar-refractivity contribution in [1.29, 1.82) is 0 Å². The lowest BCUT2D eigenvalue weighted by molar-refractivity contribution is 0.0946. The number of amides is 1. The molecule has 5 nitrogen and oxygen atoms in total. The number of carbonyl (C=O) groups excluding carboxylic acids is 1. The molecule has 1 aliphatic rings. The minimum Gasteiger partial charge on any atom is -0.395 e. The van der Waals surface area contributed by atoms with Gasteiger partial charge in [-0.3, -0.25) is 9.89 Å². The van der Waals surface area contributed by atoms with Gasteiger partial charge in [-0.1, -0.05) is 46.0 Å². The Labute approximate surface area is 120 Å². The summed E-state index contributed by atoms with van der Waals surface area (Å²) in [5.74, 6) is 0.847. The first-order chi connectivity index (χ1) is 9.59. The lowest BCUT2D eigenvalue weighted by Crippen LogP contribution is -2.27. The summed E-state index contributed by atoms with van der Waals surface area (Å²) in [7, 11) is 0. The van der Waals surface area contributed by atoms with Crippen LogP contribution in [-0.2, 0) is 0 Å². The van der Waals surface area contributed by atoms with Crippen LogP contribution in [0, 0.1) is 5.92 Å². The molecule has 4 N–H and O–H groups in total. The Morgan fingerprint density at radius 1 is 1.40 bits per heavy atom. The van der Waals surface area contributed by atoms with Crippen molar-refractivity contribution in [3.05, 3.63) is 11.4 Å². The van der Waals surface area contributed by atoms with Crippen LogP contribution in [0.2, 0.25) is 0 Å². The predicted octanol–water partition coefficient (Wildman–Crippen LogP) is 2.82. The number of rotatable bonds is 5. The molecule has 1 aliphatic carbocycles. The monoisotopic (exact) mass is 278 g/mol. The number of aromatic nitrogens is 2. The van der Waals surface area contributed by atoms with Gasteiger partial charge in [0.15, 0.2) is 5.69 Å². The van der Waals surface area contributed by atoms with Gasteiger partial charge in [0.05, 0.1) is 11.4 Å². The van der Waals surface area contributed by atoms with Crippen LogP contribution >= 0.6 is 0 Å². The van der Waals surface area contributed by atoms with E-state index in [0.29, 0.717) is 17.9 Å². The molecule has 0 aromatic carbocycles. The van der Waals surface area contributed by atoms with Gasteiger partial charge in [-0.25, -0.2) is 0 Å². The molecule has 1 aromatic rings. The number of carbonyl (C=O) groups is 1. The van der Waals surface area contributed by atoms with Crippen LogP contribution in [0.15, 0.2) is 0 Å². The maximum absolute atomic E-state index is 12.1. The smallest absolute Gasteiger partial charge is 0.273 e. The number of H-pyrrole nitrogens is 1. The standard InChI is InChI=1S/C15H26N4O/c1-10(2)13-12(16)14(19-18-13)15(20)17-9-8-11-6-4-3-5-7-11/h10-11H,3-9,16H2,1-2H3,(H,17,20)(H,18,19). The van der Waals surface area contributed by atoms with Crippen molar-refractivity contribution in [3.8, 4) is 0 Å². The highest BCUT2D eigenvalue weighted by atomic mass is 16.1. The van der Waals surface area contributed by atoms with E-state index in [1.165, 1.54) is 32.1 Å². The largest absolute Gasteiger partial charge is 0.395 e. The SMILES string of the molecule is CC(C)c1[nH]nc(C(=O)NCCC2CCCCC2)c1N. The number of nitrogens with zero attached hydrogens (tertiary/aromatic N) is 1. The Morgan fingerprint density at radius 2 is 2.10 bits per heavy atom. The van der Waals surface area contributed by atoms with E-state index in [1.807, 2.05) is 13.8 Å². The van der Waals surface area contributed by atoms with Gasteiger partial charge in [0.2, 0.25) is 0 Å². The van der Waals surface area contributed by atoms with E-state index >= 15 is 0 Å². The predicted molar refractivity (Wildman–Crippen MR) is 80.6 cm³/mol. The fourth-order valence-electron chi connectivity index (χ4n) is 2.93. The third-order valence-electron chi connectivity index (χ3n) is 4.19. The van der Waals surface area contributed by atoms with Gasteiger partial charge >= 0.3 is 0 Å². The molecule has 1 aromatic heterocycles. The molecule has 0 radical (unpaired) electrons. The van der Waals surface area contributed by atoms with Crippen LogP contribution in [0.3, 0.4) is 0 Å². The number of nitrogen functional groups attached to an aromatic ring is 1. The molecule has 1 fully saturated rings. The number of anilines is 1. The van der Waals surface area contributed by atoms with Crippen LogP contribution in [0.5, 0.6) is 0 Å². The van der Waals surface area contributed by atoms with E-state index in [-0.39, 0.29) is 11.8 Å². The first kappa shape index (κ1) is 14.9. The molecule has 0 saturated heterocycles. The average Bonchev–Trinajstić information content (AvgIpc) is 2.82. The number of aromatic amines is 1. The normalized spacial score (nSPS) is 16.6. The summed E-state index contributed by atoms with van der Waals surface area (Å²) in [6.45, 7) is 4.76. The molecule has 2 rings (SSSR count). The highest BCUT2D eigenvalue weighted by Gasteiger charge is 2.19. The van der Waals surface area contributed by atoms with Crippen molar-refractivity contribution < 1.29 is 4.79 Å². The topological polar surface area (TPSA) is 83.8 Å². The van der Waals surface area contributed by atoms with E-state index < -0.39 is 0 Å². The average molecular weight is 278 g/mol. The minimum absolute atomic E-state index is 0.165. The van der Waals surface area contributed by atoms with Gasteiger partial charge in [-0.05, 0) is 18.3 Å². The second-order valence-corrected chi connectivity index (χ2v) is 6.10. The molecule has 0 unspecified atom stereocenters. The van der Waals surface area contributed by atoms with E-state index in [9.17, 15) is 4.79 Å². The van der Waals surface area contributed by atoms with E-state index in [1.54, 1.807) is 0 Å². The third kappa shape index (κ3) is 3.52. The second kappa shape index (κ2) is 6.77. The van der Waals surface area contributed by atoms with Crippen molar-refractivity contribution in [1.82, 2.24) is 15.5 Å². The molecular weight excluding hydrogens is 252 g/mol. The number of nitrogens with two attached hydrogens (primary N) is 1. The summed E-state index contributed by atoms with van der Waals surface area (Å²) < 4.78 is 0.